The molecule has 0 aliphatic carbocycles. The van der Waals surface area contributed by atoms with Crippen molar-refractivity contribution in [3.8, 4) is 12.1 Å². The summed E-state index contributed by atoms with van der Waals surface area (Å²) >= 11 is 12.3. The number of nitriles is 2. The minimum absolute atomic E-state index is 0. The van der Waals surface area contributed by atoms with Crippen LogP contribution in [0.2, 0.25) is 10.0 Å². The third-order valence-corrected chi connectivity index (χ3v) is 22.7. The van der Waals surface area contributed by atoms with Gasteiger partial charge in [0.05, 0.1) is 89.7 Å². The van der Waals surface area contributed by atoms with E-state index in [1.807, 2.05) is 24.3 Å². The van der Waals surface area contributed by atoms with Gasteiger partial charge in [-0.2, -0.15) is 10.5 Å². The van der Waals surface area contributed by atoms with Crippen LogP contribution in [0, 0.1) is 22.7 Å². The summed E-state index contributed by atoms with van der Waals surface area (Å²) in [4.78, 5) is 5.26. The van der Waals surface area contributed by atoms with Crippen LogP contribution in [-0.4, -0.2) is 64.3 Å². The Kier molecular flexibility index (Phi) is 29.4. The fraction of sp³-hybridized carbons (Fsp3) is 0.208. The number of benzene rings is 6. The predicted octanol–water partition coefficient (Wildman–Crippen LogP) is 14.0. The van der Waals surface area contributed by atoms with Crippen molar-refractivity contribution in [1.29, 1.82) is 10.5 Å². The first-order valence-electron chi connectivity index (χ1n) is 21.4. The minimum Gasteiger partial charge on any atom is -0.418 e. The van der Waals surface area contributed by atoms with Crippen LogP contribution in [0.3, 0.4) is 0 Å². The van der Waals surface area contributed by atoms with Crippen LogP contribution in [0.15, 0.2) is 170 Å². The Labute approximate surface area is 426 Å². The normalized spacial score (nSPS) is 17.5. The molecular formula is C48H54B2Cl2F8N4NiP4+4. The second-order valence-corrected chi connectivity index (χ2v) is 26.3. The first-order chi connectivity index (χ1) is 32.4. The monoisotopic (exact) mass is 1110 g/mol. The molecule has 2 heterocycles. The summed E-state index contributed by atoms with van der Waals surface area (Å²) in [5, 5.41) is 22.5. The molecule has 4 nitrogen and oxygen atoms in total. The van der Waals surface area contributed by atoms with Crippen LogP contribution >= 0.6 is 54.9 Å². The number of nitrogens with zero attached hydrogens (tertiary/aromatic N) is 4. The molecule has 368 valence electrons. The maximum absolute atomic E-state index is 9.75. The van der Waals surface area contributed by atoms with Gasteiger partial charge < -0.3 is 44.3 Å². The largest absolute Gasteiger partial charge is 2.00 e. The van der Waals surface area contributed by atoms with E-state index in [0.29, 0.717) is 0 Å². The van der Waals surface area contributed by atoms with Gasteiger partial charge in [-0.25, -0.2) is 0 Å². The SMILES string of the molecule is CC#N.CC#N.Clc1ccc(N2C[PH+](c3ccccc3)CC[PH+](c3ccccc3)C2)cc1.Clc1ccc(N2C[PH+](c3ccccc3)CC[PH+](c3ccccc3)C2)cc1.F[B-](F)(F)F.F[B-](F)(F)F.[Ni+2]. The van der Waals surface area contributed by atoms with Gasteiger partial charge >= 0.3 is 31.0 Å². The van der Waals surface area contributed by atoms with Crippen molar-refractivity contribution in [3.05, 3.63) is 180 Å². The topological polar surface area (TPSA) is 54.1 Å². The fourth-order valence-corrected chi connectivity index (χ4v) is 21.0. The van der Waals surface area contributed by atoms with E-state index in [-0.39, 0.29) is 16.5 Å². The molecule has 4 unspecified atom stereocenters. The number of rotatable bonds is 6. The molecular weight excluding hydrogens is 1060 g/mol. The molecule has 0 saturated carbocycles. The average molecular weight is 1110 g/mol. The molecule has 2 aliphatic rings. The van der Waals surface area contributed by atoms with E-state index in [0.717, 1.165) is 10.0 Å². The van der Waals surface area contributed by atoms with E-state index in [1.165, 1.54) is 75.0 Å². The maximum Gasteiger partial charge on any atom is 2.00 e. The molecule has 0 aromatic heterocycles. The van der Waals surface area contributed by atoms with Crippen molar-refractivity contribution in [1.82, 2.24) is 0 Å². The second kappa shape index (κ2) is 33.0. The quantitative estimate of drug-likeness (QED) is 0.0947. The van der Waals surface area contributed by atoms with Crippen LogP contribution in [0.1, 0.15) is 13.8 Å². The van der Waals surface area contributed by atoms with Gasteiger partial charge in [-0.1, -0.05) is 96.0 Å². The Hall–Kier alpha value is -3.74. The Morgan fingerprint density at radius 3 is 0.739 bits per heavy atom. The van der Waals surface area contributed by atoms with E-state index in [4.69, 9.17) is 33.7 Å². The van der Waals surface area contributed by atoms with Crippen LogP contribution < -0.4 is 31.0 Å². The molecule has 2 fully saturated rings. The fourth-order valence-electron chi connectivity index (χ4n) is 7.26. The van der Waals surface area contributed by atoms with Crippen molar-refractivity contribution >= 4 is 102 Å². The third kappa shape index (κ3) is 25.8. The maximum atomic E-state index is 9.75. The standard InChI is InChI=1S/2C22H22ClNP2.2C2H3N.2BF4.Ni/c2*23-19-11-13-20(14-12-19)24-17-25(21-7-3-1-4-8-21)15-16-26(18-24)22-9-5-2-6-10-22;2*1-2-3;2*2-1(3,4)5;/h2*1-14H,15-18H2;2*1H3;;;/q;;;;2*-1;+2/p+4. The molecule has 0 bridgehead atoms. The summed E-state index contributed by atoms with van der Waals surface area (Å²) in [6.07, 6.45) is 10.2. The smallest absolute Gasteiger partial charge is 0.418 e. The van der Waals surface area contributed by atoms with Gasteiger partial charge in [-0.3, -0.25) is 0 Å². The molecule has 0 spiro atoms. The zero-order valence-electron chi connectivity index (χ0n) is 37.9. The van der Waals surface area contributed by atoms with E-state index in [9.17, 15) is 34.5 Å². The molecule has 6 aromatic carbocycles. The molecule has 4 atom stereocenters. The minimum atomic E-state index is -6.00. The zero-order valence-corrected chi connectivity index (χ0v) is 44.4. The van der Waals surface area contributed by atoms with Gasteiger partial charge in [0.2, 0.25) is 0 Å². The molecule has 2 saturated heterocycles. The van der Waals surface area contributed by atoms with Gasteiger partial charge in [0.25, 0.3) is 0 Å². The summed E-state index contributed by atoms with van der Waals surface area (Å²) in [5.74, 6) is 0. The van der Waals surface area contributed by atoms with E-state index in [2.05, 4.69) is 155 Å². The first kappa shape index (κ1) is 61.4. The number of anilines is 2. The van der Waals surface area contributed by atoms with Crippen LogP contribution in [0.5, 0.6) is 0 Å². The van der Waals surface area contributed by atoms with Gasteiger partial charge in [-0.15, -0.1) is 0 Å². The molecule has 0 amide bonds. The molecule has 69 heavy (non-hydrogen) atoms. The summed E-state index contributed by atoms with van der Waals surface area (Å²) in [7, 11) is -14.4. The molecule has 0 radical (unpaired) electrons. The summed E-state index contributed by atoms with van der Waals surface area (Å²) in [5.41, 5.74) is 2.63. The van der Waals surface area contributed by atoms with Crippen molar-refractivity contribution in [2.24, 2.45) is 0 Å². The van der Waals surface area contributed by atoms with Crippen molar-refractivity contribution in [2.45, 2.75) is 13.8 Å². The van der Waals surface area contributed by atoms with Crippen molar-refractivity contribution < 1.29 is 51.0 Å². The first-order valence-corrected chi connectivity index (χ1v) is 29.8. The van der Waals surface area contributed by atoms with Gasteiger partial charge in [0.15, 0.2) is 0 Å². The summed E-state index contributed by atoms with van der Waals surface area (Å²) in [6.45, 7) is 2.86. The van der Waals surface area contributed by atoms with Crippen LogP contribution in [-0.2, 0) is 16.5 Å². The van der Waals surface area contributed by atoms with E-state index < -0.39 is 46.2 Å². The van der Waals surface area contributed by atoms with Crippen LogP contribution in [0.25, 0.3) is 0 Å². The van der Waals surface area contributed by atoms with Crippen LogP contribution in [0.4, 0.5) is 45.9 Å². The predicted molar refractivity (Wildman–Crippen MR) is 287 cm³/mol. The Morgan fingerprint density at radius 2 is 0.565 bits per heavy atom. The molecule has 6 aromatic rings. The van der Waals surface area contributed by atoms with E-state index in [1.54, 1.807) is 33.4 Å². The second-order valence-electron chi connectivity index (χ2n) is 15.0. The Bertz CT molecular complexity index is 2100. The number of hydrogen-bond donors (Lipinski definition) is 0. The average Bonchev–Trinajstić information content (AvgIpc) is 3.69. The van der Waals surface area contributed by atoms with Crippen molar-refractivity contribution in [3.63, 3.8) is 0 Å². The molecule has 0 N–H and O–H groups in total. The zero-order chi connectivity index (χ0) is 50.0. The number of hydrogen-bond acceptors (Lipinski definition) is 4. The molecule has 8 rings (SSSR count). The Balaban J connectivity index is 0.000000358. The third-order valence-electron chi connectivity index (χ3n) is 10.1. The summed E-state index contributed by atoms with van der Waals surface area (Å²) in [6, 6.07) is 64.9. The molecule has 21 heteroatoms. The van der Waals surface area contributed by atoms with Crippen molar-refractivity contribution in [2.75, 3.05) is 59.6 Å². The van der Waals surface area contributed by atoms with Gasteiger partial charge in [-0.05, 0) is 97.1 Å². The van der Waals surface area contributed by atoms with Gasteiger partial charge in [0, 0.05) is 35.3 Å². The summed E-state index contributed by atoms with van der Waals surface area (Å²) < 4.78 is 78.0. The van der Waals surface area contributed by atoms with E-state index >= 15 is 0 Å². The Morgan fingerprint density at radius 1 is 0.391 bits per heavy atom. The van der Waals surface area contributed by atoms with Gasteiger partial charge in [0.1, 0.15) is 25.1 Å². The number of halogens is 10. The molecule has 2 aliphatic heterocycles.